The van der Waals surface area contributed by atoms with Gasteiger partial charge in [-0.3, -0.25) is 0 Å². The lowest BCUT2D eigenvalue weighted by molar-refractivity contribution is 0.198. The lowest BCUT2D eigenvalue weighted by atomic mass is 9.96. The van der Waals surface area contributed by atoms with Gasteiger partial charge in [0, 0.05) is 18.7 Å². The Morgan fingerprint density at radius 3 is 2.38 bits per heavy atom. The molecule has 1 saturated heterocycles. The molecule has 5 heteroatoms. The number of methoxy groups -OCH3 is 2. The van der Waals surface area contributed by atoms with Crippen LogP contribution in [0.25, 0.3) is 0 Å². The zero-order valence-corrected chi connectivity index (χ0v) is 13.3. The van der Waals surface area contributed by atoms with E-state index >= 15 is 0 Å². The van der Waals surface area contributed by atoms with Gasteiger partial charge >= 0.3 is 0 Å². The van der Waals surface area contributed by atoms with E-state index in [0.29, 0.717) is 23.1 Å². The van der Waals surface area contributed by atoms with Crippen molar-refractivity contribution >= 4 is 11.4 Å². The molecule has 118 valence electrons. The van der Waals surface area contributed by atoms with Gasteiger partial charge in [0.2, 0.25) is 0 Å². The minimum absolute atomic E-state index is 0.664. The second-order valence-electron chi connectivity index (χ2n) is 5.55. The average molecular weight is 293 g/mol. The summed E-state index contributed by atoms with van der Waals surface area (Å²) in [6.45, 7) is 6.73. The van der Waals surface area contributed by atoms with E-state index in [9.17, 15) is 0 Å². The maximum atomic E-state index is 6.07. The first-order valence-electron chi connectivity index (χ1n) is 7.65. The van der Waals surface area contributed by atoms with Crippen molar-refractivity contribution in [3.8, 4) is 11.5 Å². The Morgan fingerprint density at radius 1 is 1.19 bits per heavy atom. The molecule has 0 aromatic heterocycles. The number of nitrogen functional groups attached to an aromatic ring is 1. The van der Waals surface area contributed by atoms with Gasteiger partial charge in [-0.15, -0.1) is 0 Å². The van der Waals surface area contributed by atoms with Crippen molar-refractivity contribution < 1.29 is 9.47 Å². The van der Waals surface area contributed by atoms with E-state index in [4.69, 9.17) is 15.2 Å². The summed E-state index contributed by atoms with van der Waals surface area (Å²) in [5, 5.41) is 3.46. The van der Waals surface area contributed by atoms with Crippen LogP contribution in [0.5, 0.6) is 11.5 Å². The molecule has 21 heavy (non-hydrogen) atoms. The largest absolute Gasteiger partial charge is 0.493 e. The van der Waals surface area contributed by atoms with E-state index in [1.54, 1.807) is 20.3 Å². The highest BCUT2D eigenvalue weighted by Crippen LogP contribution is 2.35. The third-order valence-electron chi connectivity index (χ3n) is 4.29. The Hall–Kier alpha value is -1.62. The zero-order chi connectivity index (χ0) is 15.2. The van der Waals surface area contributed by atoms with E-state index in [2.05, 4.69) is 17.1 Å². The summed E-state index contributed by atoms with van der Waals surface area (Å²) in [4.78, 5) is 2.50. The molecule has 2 rings (SSSR count). The number of ether oxygens (including phenoxy) is 2. The molecular weight excluding hydrogens is 266 g/mol. The van der Waals surface area contributed by atoms with Crippen LogP contribution in [-0.2, 0) is 0 Å². The molecule has 0 aliphatic carbocycles. The van der Waals surface area contributed by atoms with Gasteiger partial charge in [0.05, 0.1) is 25.6 Å². The molecule has 3 N–H and O–H groups in total. The summed E-state index contributed by atoms with van der Waals surface area (Å²) < 4.78 is 10.6. The zero-order valence-electron chi connectivity index (χ0n) is 13.3. The highest BCUT2D eigenvalue weighted by molar-refractivity contribution is 5.72. The smallest absolute Gasteiger partial charge is 0.162 e. The highest BCUT2D eigenvalue weighted by Gasteiger charge is 2.18. The number of hydrogen-bond donors (Lipinski definition) is 2. The van der Waals surface area contributed by atoms with Gasteiger partial charge in [0.15, 0.2) is 11.5 Å². The van der Waals surface area contributed by atoms with Crippen LogP contribution < -0.4 is 20.5 Å². The van der Waals surface area contributed by atoms with Gasteiger partial charge in [-0.05, 0) is 38.4 Å². The first kappa shape index (κ1) is 15.8. The first-order valence-corrected chi connectivity index (χ1v) is 7.65. The standard InChI is InChI=1S/C16H27N3O2/c1-4-19-7-5-12(6-8-19)11-18-14-10-16(21-3)15(20-2)9-13(14)17/h9-10,12,18H,4-8,11,17H2,1-3H3. The Kier molecular flexibility index (Phi) is 5.56. The van der Waals surface area contributed by atoms with E-state index < -0.39 is 0 Å². The van der Waals surface area contributed by atoms with Gasteiger partial charge in [0.25, 0.3) is 0 Å². The Balaban J connectivity index is 1.94. The van der Waals surface area contributed by atoms with Gasteiger partial charge < -0.3 is 25.4 Å². The fraction of sp³-hybridized carbons (Fsp3) is 0.625. The van der Waals surface area contributed by atoms with Gasteiger partial charge in [0.1, 0.15) is 0 Å². The van der Waals surface area contributed by atoms with Crippen molar-refractivity contribution in [1.29, 1.82) is 0 Å². The van der Waals surface area contributed by atoms with Crippen LogP contribution in [0.3, 0.4) is 0 Å². The second kappa shape index (κ2) is 7.41. The molecule has 0 bridgehead atoms. The van der Waals surface area contributed by atoms with E-state index in [-0.39, 0.29) is 0 Å². The van der Waals surface area contributed by atoms with Crippen LogP contribution in [0.15, 0.2) is 12.1 Å². The van der Waals surface area contributed by atoms with Crippen LogP contribution in [0.2, 0.25) is 0 Å². The number of nitrogens with one attached hydrogen (secondary N) is 1. The van der Waals surface area contributed by atoms with Gasteiger partial charge in [-0.25, -0.2) is 0 Å². The van der Waals surface area contributed by atoms with Crippen LogP contribution in [0, 0.1) is 5.92 Å². The van der Waals surface area contributed by atoms with E-state index in [0.717, 1.165) is 18.8 Å². The van der Waals surface area contributed by atoms with Crippen LogP contribution in [0.1, 0.15) is 19.8 Å². The third kappa shape index (κ3) is 3.94. The lowest BCUT2D eigenvalue weighted by Crippen LogP contribution is -2.35. The monoisotopic (exact) mass is 293 g/mol. The highest BCUT2D eigenvalue weighted by atomic mass is 16.5. The summed E-state index contributed by atoms with van der Waals surface area (Å²) >= 11 is 0. The molecule has 0 spiro atoms. The summed E-state index contributed by atoms with van der Waals surface area (Å²) in [5.41, 5.74) is 7.69. The minimum Gasteiger partial charge on any atom is -0.493 e. The van der Waals surface area contributed by atoms with E-state index in [1.807, 2.05) is 6.07 Å². The first-order chi connectivity index (χ1) is 10.2. The molecule has 1 aromatic carbocycles. The SMILES string of the molecule is CCN1CCC(CNc2cc(OC)c(OC)cc2N)CC1. The molecule has 5 nitrogen and oxygen atoms in total. The van der Waals surface area contributed by atoms with Gasteiger partial charge in [-0.1, -0.05) is 6.92 Å². The number of rotatable bonds is 6. The Labute approximate surface area is 127 Å². The molecule has 1 aliphatic rings. The number of nitrogens with two attached hydrogens (primary N) is 1. The van der Waals surface area contributed by atoms with Crippen LogP contribution >= 0.6 is 0 Å². The average Bonchev–Trinajstić information content (AvgIpc) is 2.53. The molecule has 0 saturated carbocycles. The normalized spacial score (nSPS) is 16.7. The van der Waals surface area contributed by atoms with Gasteiger partial charge in [-0.2, -0.15) is 0 Å². The van der Waals surface area contributed by atoms with E-state index in [1.165, 1.54) is 25.9 Å². The molecule has 1 aromatic rings. The number of benzene rings is 1. The molecule has 1 fully saturated rings. The number of hydrogen-bond acceptors (Lipinski definition) is 5. The number of piperidine rings is 1. The number of anilines is 2. The van der Waals surface area contributed by atoms with Crippen molar-refractivity contribution in [3.63, 3.8) is 0 Å². The maximum Gasteiger partial charge on any atom is 0.162 e. The molecule has 1 aliphatic heterocycles. The molecule has 0 atom stereocenters. The Bertz CT molecular complexity index is 457. The predicted molar refractivity (Wildman–Crippen MR) is 87.3 cm³/mol. The summed E-state index contributed by atoms with van der Waals surface area (Å²) in [6, 6.07) is 3.72. The fourth-order valence-electron chi connectivity index (χ4n) is 2.81. The quantitative estimate of drug-likeness (QED) is 0.789. The summed E-state index contributed by atoms with van der Waals surface area (Å²) in [5.74, 6) is 2.08. The van der Waals surface area contributed by atoms with Crippen LogP contribution in [0.4, 0.5) is 11.4 Å². The molecule has 0 radical (unpaired) electrons. The summed E-state index contributed by atoms with van der Waals surface area (Å²) in [7, 11) is 3.25. The lowest BCUT2D eigenvalue weighted by Gasteiger charge is -2.31. The predicted octanol–water partition coefficient (Wildman–Crippen LogP) is 2.43. The van der Waals surface area contributed by atoms with Crippen molar-refractivity contribution in [2.24, 2.45) is 5.92 Å². The fourth-order valence-corrected chi connectivity index (χ4v) is 2.81. The number of likely N-dealkylation sites (tertiary alicyclic amines) is 1. The maximum absolute atomic E-state index is 6.07. The minimum atomic E-state index is 0.664. The van der Waals surface area contributed by atoms with Crippen molar-refractivity contribution in [2.45, 2.75) is 19.8 Å². The molecular formula is C16H27N3O2. The van der Waals surface area contributed by atoms with Crippen molar-refractivity contribution in [2.75, 3.05) is 51.4 Å². The van der Waals surface area contributed by atoms with Crippen molar-refractivity contribution in [1.82, 2.24) is 4.90 Å². The topological polar surface area (TPSA) is 59.8 Å². The third-order valence-corrected chi connectivity index (χ3v) is 4.29. The summed E-state index contributed by atoms with van der Waals surface area (Å²) in [6.07, 6.45) is 2.49. The molecule has 0 unspecified atom stereocenters. The second-order valence-corrected chi connectivity index (χ2v) is 5.55. The molecule has 0 amide bonds. The van der Waals surface area contributed by atoms with Crippen LogP contribution in [-0.4, -0.2) is 45.3 Å². The number of nitrogens with zero attached hydrogens (tertiary/aromatic N) is 1. The van der Waals surface area contributed by atoms with Crippen molar-refractivity contribution in [3.05, 3.63) is 12.1 Å². The molecule has 1 heterocycles. The Morgan fingerprint density at radius 2 is 1.81 bits per heavy atom.